The highest BCUT2D eigenvalue weighted by atomic mass is 16.2. The Labute approximate surface area is 161 Å². The van der Waals surface area contributed by atoms with Crippen molar-refractivity contribution in [3.63, 3.8) is 0 Å². The molecular weight excluding hydrogens is 342 g/mol. The molecule has 2 unspecified atom stereocenters. The standard InChI is InChI=1S/C21H31N3O3/c1-15(16-8-6-5-7-9-16)24-14-17(12-19(24)26)20(27)23-11-10-22-18(25)13-21(2,3)4/h5-9,15,17H,10-14H2,1-4H3,(H,22,25)(H,23,27). The van der Waals surface area contributed by atoms with Crippen molar-refractivity contribution in [2.24, 2.45) is 11.3 Å². The Balaban J connectivity index is 1.76. The Morgan fingerprint density at radius 1 is 1.15 bits per heavy atom. The summed E-state index contributed by atoms with van der Waals surface area (Å²) in [5.74, 6) is -0.481. The first kappa shape index (κ1) is 20.9. The molecule has 0 spiro atoms. The Morgan fingerprint density at radius 3 is 2.41 bits per heavy atom. The van der Waals surface area contributed by atoms with Crippen LogP contribution in [0.1, 0.15) is 52.1 Å². The molecule has 2 N–H and O–H groups in total. The molecule has 2 rings (SSSR count). The van der Waals surface area contributed by atoms with Gasteiger partial charge in [0, 0.05) is 32.5 Å². The van der Waals surface area contributed by atoms with E-state index < -0.39 is 0 Å². The van der Waals surface area contributed by atoms with Crippen molar-refractivity contribution in [3.05, 3.63) is 35.9 Å². The van der Waals surface area contributed by atoms with E-state index >= 15 is 0 Å². The first-order valence-corrected chi connectivity index (χ1v) is 9.56. The van der Waals surface area contributed by atoms with Gasteiger partial charge in [-0.15, -0.1) is 0 Å². The number of carbonyl (C=O) groups excluding carboxylic acids is 3. The number of likely N-dealkylation sites (tertiary alicyclic amines) is 1. The number of nitrogens with zero attached hydrogens (tertiary/aromatic N) is 1. The van der Waals surface area contributed by atoms with Crippen LogP contribution in [0.25, 0.3) is 0 Å². The van der Waals surface area contributed by atoms with Crippen LogP contribution >= 0.6 is 0 Å². The topological polar surface area (TPSA) is 78.5 Å². The summed E-state index contributed by atoms with van der Waals surface area (Å²) < 4.78 is 0. The van der Waals surface area contributed by atoms with Crippen molar-refractivity contribution >= 4 is 17.7 Å². The van der Waals surface area contributed by atoms with Crippen molar-refractivity contribution < 1.29 is 14.4 Å². The molecule has 1 aliphatic rings. The summed E-state index contributed by atoms with van der Waals surface area (Å²) >= 11 is 0. The lowest BCUT2D eigenvalue weighted by molar-refractivity contribution is -0.130. The first-order valence-electron chi connectivity index (χ1n) is 9.56. The van der Waals surface area contributed by atoms with E-state index in [1.54, 1.807) is 4.90 Å². The molecule has 27 heavy (non-hydrogen) atoms. The van der Waals surface area contributed by atoms with E-state index in [0.717, 1.165) is 5.56 Å². The van der Waals surface area contributed by atoms with Crippen molar-refractivity contribution in [1.82, 2.24) is 15.5 Å². The minimum atomic E-state index is -0.339. The van der Waals surface area contributed by atoms with Crippen LogP contribution in [0.5, 0.6) is 0 Å². The van der Waals surface area contributed by atoms with Gasteiger partial charge >= 0.3 is 0 Å². The van der Waals surface area contributed by atoms with Crippen LogP contribution in [0.4, 0.5) is 0 Å². The predicted octanol–water partition coefficient (Wildman–Crippen LogP) is 2.26. The number of carbonyl (C=O) groups is 3. The van der Waals surface area contributed by atoms with Crippen LogP contribution in [0.15, 0.2) is 30.3 Å². The zero-order valence-electron chi connectivity index (χ0n) is 16.7. The smallest absolute Gasteiger partial charge is 0.225 e. The summed E-state index contributed by atoms with van der Waals surface area (Å²) in [6.07, 6.45) is 0.684. The van der Waals surface area contributed by atoms with Crippen LogP contribution in [0.3, 0.4) is 0 Å². The molecule has 0 radical (unpaired) electrons. The van der Waals surface area contributed by atoms with Gasteiger partial charge in [-0.05, 0) is 17.9 Å². The van der Waals surface area contributed by atoms with Crippen LogP contribution in [-0.4, -0.2) is 42.3 Å². The number of hydrogen-bond acceptors (Lipinski definition) is 3. The molecule has 2 atom stereocenters. The summed E-state index contributed by atoms with van der Waals surface area (Å²) in [5.41, 5.74) is 1.00. The highest BCUT2D eigenvalue weighted by Gasteiger charge is 2.36. The first-order chi connectivity index (χ1) is 12.7. The van der Waals surface area contributed by atoms with Crippen molar-refractivity contribution in [1.29, 1.82) is 0 Å². The van der Waals surface area contributed by atoms with Gasteiger partial charge in [0.15, 0.2) is 0 Å². The average molecular weight is 373 g/mol. The lowest BCUT2D eigenvalue weighted by Crippen LogP contribution is -2.39. The molecule has 1 saturated heterocycles. The molecule has 6 heteroatoms. The maximum Gasteiger partial charge on any atom is 0.225 e. The summed E-state index contributed by atoms with van der Waals surface area (Å²) in [6.45, 7) is 9.20. The Bertz CT molecular complexity index is 667. The van der Waals surface area contributed by atoms with Gasteiger partial charge < -0.3 is 15.5 Å². The molecular formula is C21H31N3O3. The highest BCUT2D eigenvalue weighted by Crippen LogP contribution is 2.28. The molecule has 0 aliphatic carbocycles. The van der Waals surface area contributed by atoms with E-state index in [-0.39, 0.29) is 41.5 Å². The third-order valence-electron chi connectivity index (χ3n) is 4.72. The third kappa shape index (κ3) is 6.38. The highest BCUT2D eigenvalue weighted by molar-refractivity contribution is 5.89. The van der Waals surface area contributed by atoms with Gasteiger partial charge in [0.25, 0.3) is 0 Å². The van der Waals surface area contributed by atoms with Crippen LogP contribution in [0.2, 0.25) is 0 Å². The number of amides is 3. The zero-order valence-corrected chi connectivity index (χ0v) is 16.7. The minimum Gasteiger partial charge on any atom is -0.354 e. The Hall–Kier alpha value is -2.37. The Morgan fingerprint density at radius 2 is 1.78 bits per heavy atom. The molecule has 0 aromatic heterocycles. The van der Waals surface area contributed by atoms with E-state index in [0.29, 0.717) is 26.1 Å². The number of benzene rings is 1. The van der Waals surface area contributed by atoms with Gasteiger partial charge in [-0.25, -0.2) is 0 Å². The second-order valence-electron chi connectivity index (χ2n) is 8.41. The maximum absolute atomic E-state index is 12.4. The molecule has 1 aliphatic heterocycles. The number of hydrogen-bond donors (Lipinski definition) is 2. The SMILES string of the molecule is CC(c1ccccc1)N1CC(C(=O)NCCNC(=O)CC(C)(C)C)CC1=O. The van der Waals surface area contributed by atoms with Gasteiger partial charge in [0.05, 0.1) is 12.0 Å². The van der Waals surface area contributed by atoms with Crippen LogP contribution < -0.4 is 10.6 Å². The van der Waals surface area contributed by atoms with Gasteiger partial charge in [0.2, 0.25) is 17.7 Å². The summed E-state index contributed by atoms with van der Waals surface area (Å²) in [7, 11) is 0. The lowest BCUT2D eigenvalue weighted by Gasteiger charge is -2.25. The number of nitrogens with one attached hydrogen (secondary N) is 2. The Kier molecular flexibility index (Phi) is 6.99. The maximum atomic E-state index is 12.4. The molecule has 1 aromatic carbocycles. The van der Waals surface area contributed by atoms with E-state index in [1.165, 1.54) is 0 Å². The summed E-state index contributed by atoms with van der Waals surface area (Å²) in [4.78, 5) is 38.3. The monoisotopic (exact) mass is 373 g/mol. The molecule has 1 heterocycles. The fourth-order valence-electron chi connectivity index (χ4n) is 3.27. The fraction of sp³-hybridized carbons (Fsp3) is 0.571. The lowest BCUT2D eigenvalue weighted by atomic mass is 9.92. The molecule has 6 nitrogen and oxygen atoms in total. The average Bonchev–Trinajstić information content (AvgIpc) is 2.99. The van der Waals surface area contributed by atoms with E-state index in [4.69, 9.17) is 0 Å². The van der Waals surface area contributed by atoms with Crippen LogP contribution in [-0.2, 0) is 14.4 Å². The van der Waals surface area contributed by atoms with E-state index in [1.807, 2.05) is 58.0 Å². The molecule has 0 bridgehead atoms. The molecule has 1 aromatic rings. The normalized spacial score (nSPS) is 18.3. The van der Waals surface area contributed by atoms with Gasteiger partial charge in [-0.2, -0.15) is 0 Å². The minimum absolute atomic E-state index is 0.00461. The van der Waals surface area contributed by atoms with Crippen LogP contribution in [0, 0.1) is 11.3 Å². The van der Waals surface area contributed by atoms with Crippen molar-refractivity contribution in [3.8, 4) is 0 Å². The fourth-order valence-corrected chi connectivity index (χ4v) is 3.27. The molecule has 3 amide bonds. The third-order valence-corrected chi connectivity index (χ3v) is 4.72. The molecule has 148 valence electrons. The summed E-state index contributed by atoms with van der Waals surface area (Å²) in [6, 6.07) is 9.78. The number of rotatable bonds is 7. The van der Waals surface area contributed by atoms with Gasteiger partial charge in [-0.1, -0.05) is 51.1 Å². The van der Waals surface area contributed by atoms with Crippen molar-refractivity contribution in [2.45, 2.75) is 46.6 Å². The summed E-state index contributed by atoms with van der Waals surface area (Å²) in [5, 5.41) is 5.64. The quantitative estimate of drug-likeness (QED) is 0.720. The van der Waals surface area contributed by atoms with Crippen molar-refractivity contribution in [2.75, 3.05) is 19.6 Å². The second kappa shape index (κ2) is 9.02. The molecule has 0 saturated carbocycles. The second-order valence-corrected chi connectivity index (χ2v) is 8.41. The predicted molar refractivity (Wildman–Crippen MR) is 105 cm³/mol. The zero-order chi connectivity index (χ0) is 20.0. The largest absolute Gasteiger partial charge is 0.354 e. The van der Waals surface area contributed by atoms with Gasteiger partial charge in [0.1, 0.15) is 0 Å². The van der Waals surface area contributed by atoms with E-state index in [2.05, 4.69) is 10.6 Å². The van der Waals surface area contributed by atoms with E-state index in [9.17, 15) is 14.4 Å². The molecule has 1 fully saturated rings. The van der Waals surface area contributed by atoms with Gasteiger partial charge in [-0.3, -0.25) is 14.4 Å².